The smallest absolute Gasteiger partial charge is 0.256 e. The van der Waals surface area contributed by atoms with Crippen molar-refractivity contribution in [3.8, 4) is 0 Å². The largest absolute Gasteiger partial charge is 0.366 e. The van der Waals surface area contributed by atoms with E-state index in [0.717, 1.165) is 40.6 Å². The van der Waals surface area contributed by atoms with Gasteiger partial charge in [-0.3, -0.25) is 9.59 Å². The molecular formula is C20H15ClN2O2. The Labute approximate surface area is 148 Å². The van der Waals surface area contributed by atoms with Gasteiger partial charge < -0.3 is 10.7 Å². The summed E-state index contributed by atoms with van der Waals surface area (Å²) in [7, 11) is 0. The fraction of sp³-hybridized carbons (Fsp3) is 0.100. The van der Waals surface area contributed by atoms with Crippen LogP contribution in [-0.4, -0.2) is 10.9 Å². The molecule has 3 aromatic rings. The summed E-state index contributed by atoms with van der Waals surface area (Å²) in [5.74, 6) is -0.475. The summed E-state index contributed by atoms with van der Waals surface area (Å²) in [6.45, 7) is 0. The number of aromatic amines is 1. The van der Waals surface area contributed by atoms with Crippen molar-refractivity contribution < 1.29 is 4.79 Å². The predicted molar refractivity (Wildman–Crippen MR) is 99.9 cm³/mol. The van der Waals surface area contributed by atoms with E-state index in [0.29, 0.717) is 16.0 Å². The average molecular weight is 351 g/mol. The molecule has 25 heavy (non-hydrogen) atoms. The van der Waals surface area contributed by atoms with Crippen molar-refractivity contribution in [2.75, 3.05) is 0 Å². The zero-order valence-electron chi connectivity index (χ0n) is 13.3. The quantitative estimate of drug-likeness (QED) is 0.740. The third-order valence-corrected chi connectivity index (χ3v) is 4.80. The highest BCUT2D eigenvalue weighted by Crippen LogP contribution is 2.34. The van der Waals surface area contributed by atoms with Gasteiger partial charge in [0.15, 0.2) is 0 Å². The van der Waals surface area contributed by atoms with Crippen LogP contribution in [0.15, 0.2) is 53.3 Å². The van der Waals surface area contributed by atoms with Crippen LogP contribution in [0.25, 0.3) is 16.3 Å². The molecule has 1 aliphatic carbocycles. The van der Waals surface area contributed by atoms with Gasteiger partial charge in [-0.1, -0.05) is 29.8 Å². The Bertz CT molecular complexity index is 1110. The van der Waals surface area contributed by atoms with Gasteiger partial charge in [0.25, 0.3) is 5.56 Å². The number of pyridine rings is 1. The van der Waals surface area contributed by atoms with Gasteiger partial charge in [-0.25, -0.2) is 0 Å². The van der Waals surface area contributed by atoms with Crippen molar-refractivity contribution in [2.24, 2.45) is 5.73 Å². The lowest BCUT2D eigenvalue weighted by atomic mass is 9.87. The topological polar surface area (TPSA) is 76.0 Å². The Morgan fingerprint density at radius 2 is 1.96 bits per heavy atom. The Balaban J connectivity index is 1.97. The standard InChI is InChI=1S/C20H15ClN2O2/c21-13-7-8-16-17(10-13)15-6-2-5-14(18(15)23-20(16)25)11-3-1-4-12(9-11)19(22)24/h1,3-5,7-10H,2,6H2,(H2,22,24)(H,23,25). The number of rotatable bonds is 2. The predicted octanol–water partition coefficient (Wildman–Crippen LogP) is 3.66. The molecule has 2 aromatic carbocycles. The van der Waals surface area contributed by atoms with E-state index >= 15 is 0 Å². The lowest BCUT2D eigenvalue weighted by Crippen LogP contribution is -2.16. The maximum atomic E-state index is 12.5. The summed E-state index contributed by atoms with van der Waals surface area (Å²) in [5.41, 5.74) is 9.30. The number of amides is 1. The number of aryl methyl sites for hydroxylation is 1. The molecule has 0 fully saturated rings. The maximum Gasteiger partial charge on any atom is 0.256 e. The third-order valence-electron chi connectivity index (χ3n) is 4.56. The molecule has 0 aliphatic heterocycles. The highest BCUT2D eigenvalue weighted by molar-refractivity contribution is 6.31. The molecule has 0 atom stereocenters. The summed E-state index contributed by atoms with van der Waals surface area (Å²) in [5, 5.41) is 2.12. The second-order valence-electron chi connectivity index (χ2n) is 6.10. The number of hydrogen-bond donors (Lipinski definition) is 2. The van der Waals surface area contributed by atoms with Gasteiger partial charge in [0.1, 0.15) is 0 Å². The monoisotopic (exact) mass is 350 g/mol. The normalized spacial score (nSPS) is 13.4. The van der Waals surface area contributed by atoms with Crippen molar-refractivity contribution in [3.05, 3.63) is 86.3 Å². The van der Waals surface area contributed by atoms with E-state index in [1.54, 1.807) is 30.3 Å². The third kappa shape index (κ3) is 2.65. The first kappa shape index (κ1) is 15.7. The van der Waals surface area contributed by atoms with E-state index in [9.17, 15) is 9.59 Å². The number of fused-ring (bicyclic) bond motifs is 3. The number of H-pyrrole nitrogens is 1. The number of carbonyl (C=O) groups is 1. The molecular weight excluding hydrogens is 336 g/mol. The average Bonchev–Trinajstić information content (AvgIpc) is 2.61. The van der Waals surface area contributed by atoms with Crippen molar-refractivity contribution >= 4 is 33.9 Å². The molecule has 0 bridgehead atoms. The maximum absolute atomic E-state index is 12.5. The minimum atomic E-state index is -0.475. The molecule has 0 radical (unpaired) electrons. The van der Waals surface area contributed by atoms with Crippen LogP contribution < -0.4 is 11.3 Å². The fourth-order valence-corrected chi connectivity index (χ4v) is 3.58. The lowest BCUT2D eigenvalue weighted by molar-refractivity contribution is 0.100. The van der Waals surface area contributed by atoms with Crippen LogP contribution in [-0.2, 0) is 6.42 Å². The van der Waals surface area contributed by atoms with E-state index in [2.05, 4.69) is 11.1 Å². The first-order valence-corrected chi connectivity index (χ1v) is 8.37. The number of nitrogens with one attached hydrogen (secondary N) is 1. The van der Waals surface area contributed by atoms with E-state index in [1.165, 1.54) is 0 Å². The molecule has 4 rings (SSSR count). The molecule has 124 valence electrons. The van der Waals surface area contributed by atoms with E-state index in [-0.39, 0.29) is 5.56 Å². The van der Waals surface area contributed by atoms with Crippen molar-refractivity contribution in [3.63, 3.8) is 0 Å². The van der Waals surface area contributed by atoms with Crippen LogP contribution in [0.4, 0.5) is 0 Å². The highest BCUT2D eigenvalue weighted by Gasteiger charge is 2.19. The van der Waals surface area contributed by atoms with Crippen LogP contribution in [0.1, 0.15) is 33.6 Å². The second kappa shape index (κ2) is 5.90. The zero-order valence-corrected chi connectivity index (χ0v) is 14.1. The van der Waals surface area contributed by atoms with Crippen molar-refractivity contribution in [1.29, 1.82) is 0 Å². The van der Waals surface area contributed by atoms with Gasteiger partial charge >= 0.3 is 0 Å². The Morgan fingerprint density at radius 3 is 2.76 bits per heavy atom. The van der Waals surface area contributed by atoms with Gasteiger partial charge in [-0.15, -0.1) is 0 Å². The highest BCUT2D eigenvalue weighted by atomic mass is 35.5. The van der Waals surface area contributed by atoms with Gasteiger partial charge in [0, 0.05) is 21.5 Å². The number of allylic oxidation sites excluding steroid dienone is 1. The van der Waals surface area contributed by atoms with Crippen molar-refractivity contribution in [1.82, 2.24) is 4.98 Å². The van der Waals surface area contributed by atoms with E-state index < -0.39 is 5.91 Å². The number of carbonyl (C=O) groups excluding carboxylic acids is 1. The summed E-state index contributed by atoms with van der Waals surface area (Å²) in [6.07, 6.45) is 3.74. The molecule has 1 aromatic heterocycles. The number of primary amides is 1. The Kier molecular flexibility index (Phi) is 3.70. The molecule has 3 N–H and O–H groups in total. The Morgan fingerprint density at radius 1 is 1.12 bits per heavy atom. The minimum Gasteiger partial charge on any atom is -0.366 e. The van der Waals surface area contributed by atoms with Gasteiger partial charge in [0.05, 0.1) is 5.69 Å². The number of halogens is 1. The first-order chi connectivity index (χ1) is 12.0. The van der Waals surface area contributed by atoms with E-state index in [4.69, 9.17) is 17.3 Å². The van der Waals surface area contributed by atoms with Gasteiger partial charge in [-0.05, 0) is 59.7 Å². The van der Waals surface area contributed by atoms with Gasteiger partial charge in [0.2, 0.25) is 5.91 Å². The first-order valence-electron chi connectivity index (χ1n) is 8.00. The van der Waals surface area contributed by atoms with Crippen LogP contribution >= 0.6 is 11.6 Å². The number of aromatic nitrogens is 1. The fourth-order valence-electron chi connectivity index (χ4n) is 3.41. The van der Waals surface area contributed by atoms with Crippen molar-refractivity contribution in [2.45, 2.75) is 12.8 Å². The summed E-state index contributed by atoms with van der Waals surface area (Å²) < 4.78 is 0. The molecule has 0 saturated carbocycles. The molecule has 0 unspecified atom stereocenters. The summed E-state index contributed by atoms with van der Waals surface area (Å²) in [4.78, 5) is 27.0. The molecule has 4 nitrogen and oxygen atoms in total. The molecule has 1 amide bonds. The number of nitrogens with two attached hydrogens (primary N) is 1. The van der Waals surface area contributed by atoms with Crippen LogP contribution in [0, 0.1) is 0 Å². The molecule has 1 aliphatic rings. The molecule has 5 heteroatoms. The molecule has 0 saturated heterocycles. The zero-order chi connectivity index (χ0) is 17.6. The van der Waals surface area contributed by atoms with Crippen LogP contribution in [0.3, 0.4) is 0 Å². The minimum absolute atomic E-state index is 0.149. The lowest BCUT2D eigenvalue weighted by Gasteiger charge is -2.20. The molecule has 1 heterocycles. The number of benzene rings is 2. The van der Waals surface area contributed by atoms with Gasteiger partial charge in [-0.2, -0.15) is 0 Å². The molecule has 0 spiro atoms. The van der Waals surface area contributed by atoms with E-state index in [1.807, 2.05) is 12.1 Å². The SMILES string of the molecule is NC(=O)c1cccc(C2=CCCc3c2[nH]c(=O)c2ccc(Cl)cc32)c1. The number of hydrogen-bond acceptors (Lipinski definition) is 2. The second-order valence-corrected chi connectivity index (χ2v) is 6.54. The van der Waals surface area contributed by atoms with Crippen LogP contribution in [0.2, 0.25) is 5.02 Å². The Hall–Kier alpha value is -2.85. The summed E-state index contributed by atoms with van der Waals surface area (Å²) >= 11 is 6.14. The summed E-state index contributed by atoms with van der Waals surface area (Å²) in [6, 6.07) is 12.5. The van der Waals surface area contributed by atoms with Crippen LogP contribution in [0.5, 0.6) is 0 Å².